The molecule has 1 fully saturated rings. The topological polar surface area (TPSA) is 12.0 Å². The van der Waals surface area contributed by atoms with Crippen molar-refractivity contribution in [3.63, 3.8) is 0 Å². The van der Waals surface area contributed by atoms with Gasteiger partial charge in [0.1, 0.15) is 11.6 Å². The van der Waals surface area contributed by atoms with Crippen LogP contribution < -0.4 is 5.32 Å². The summed E-state index contributed by atoms with van der Waals surface area (Å²) in [4.78, 5) is 0. The van der Waals surface area contributed by atoms with Crippen molar-refractivity contribution in [2.45, 2.75) is 52.5 Å². The number of rotatable bonds is 6. The van der Waals surface area contributed by atoms with Crippen LogP contribution in [0, 0.1) is 24.0 Å². The van der Waals surface area contributed by atoms with E-state index >= 15 is 0 Å². The van der Waals surface area contributed by atoms with Crippen molar-refractivity contribution in [3.8, 4) is 0 Å². The Balaban J connectivity index is 2.00. The Bertz CT molecular complexity index is 452. The monoisotopic (exact) mass is 267 g/mol. The average molecular weight is 267 g/mol. The summed E-state index contributed by atoms with van der Waals surface area (Å²) in [5.74, 6) is -0.654. The summed E-state index contributed by atoms with van der Waals surface area (Å²) in [6.45, 7) is 6.57. The number of nitrogens with one attached hydrogen (secondary N) is 1. The van der Waals surface area contributed by atoms with Gasteiger partial charge in [-0.2, -0.15) is 0 Å². The molecule has 0 heterocycles. The number of hydrogen-bond acceptors (Lipinski definition) is 1. The lowest BCUT2D eigenvalue weighted by Gasteiger charge is -2.20. The predicted molar refractivity (Wildman–Crippen MR) is 74.1 cm³/mol. The molecule has 1 atom stereocenters. The van der Waals surface area contributed by atoms with Gasteiger partial charge in [-0.3, -0.25) is 0 Å². The first-order valence-corrected chi connectivity index (χ1v) is 7.16. The van der Waals surface area contributed by atoms with Gasteiger partial charge in [-0.25, -0.2) is 8.78 Å². The molecule has 3 heteroatoms. The van der Waals surface area contributed by atoms with Crippen LogP contribution in [0.1, 0.15) is 56.7 Å². The van der Waals surface area contributed by atoms with Crippen LogP contribution in [0.15, 0.2) is 12.1 Å². The highest BCUT2D eigenvalue weighted by atomic mass is 19.1. The summed E-state index contributed by atoms with van der Waals surface area (Å²) in [5.41, 5.74) is 1.21. The number of hydrogen-bond donors (Lipinski definition) is 1. The Morgan fingerprint density at radius 2 is 1.95 bits per heavy atom. The van der Waals surface area contributed by atoms with Crippen LogP contribution in [0.25, 0.3) is 0 Å². The second-order valence-electron chi connectivity index (χ2n) is 5.98. The van der Waals surface area contributed by atoms with Crippen LogP contribution in [0.5, 0.6) is 0 Å². The largest absolute Gasteiger partial charge is 0.310 e. The lowest BCUT2D eigenvalue weighted by atomic mass is 9.99. The average Bonchev–Trinajstić information content (AvgIpc) is 3.12. The van der Waals surface area contributed by atoms with Crippen LogP contribution in [0.3, 0.4) is 0 Å². The molecule has 0 amide bonds. The second-order valence-corrected chi connectivity index (χ2v) is 5.98. The van der Waals surface area contributed by atoms with Gasteiger partial charge in [0.25, 0.3) is 0 Å². The number of aryl methyl sites for hydroxylation is 1. The van der Waals surface area contributed by atoms with Crippen molar-refractivity contribution in [2.24, 2.45) is 5.41 Å². The quantitative estimate of drug-likeness (QED) is 0.800. The van der Waals surface area contributed by atoms with E-state index in [0.29, 0.717) is 16.5 Å². The Hall–Kier alpha value is -0.960. The minimum atomic E-state index is -0.334. The van der Waals surface area contributed by atoms with Crippen molar-refractivity contribution in [3.05, 3.63) is 34.9 Å². The molecule has 0 radical (unpaired) electrons. The lowest BCUT2D eigenvalue weighted by Crippen LogP contribution is -2.27. The van der Waals surface area contributed by atoms with E-state index in [1.807, 2.05) is 6.92 Å². The highest BCUT2D eigenvalue weighted by molar-refractivity contribution is 5.27. The van der Waals surface area contributed by atoms with E-state index in [9.17, 15) is 8.78 Å². The van der Waals surface area contributed by atoms with Crippen molar-refractivity contribution >= 4 is 0 Å². The molecule has 1 aliphatic rings. The molecule has 0 bridgehead atoms. The second kappa shape index (κ2) is 5.58. The maximum atomic E-state index is 13.9. The third-order valence-electron chi connectivity index (χ3n) is 4.27. The Morgan fingerprint density at radius 3 is 2.53 bits per heavy atom. The highest BCUT2D eigenvalue weighted by Gasteiger charge is 2.41. The molecular weight excluding hydrogens is 244 g/mol. The molecule has 1 N–H and O–H groups in total. The minimum Gasteiger partial charge on any atom is -0.310 e. The van der Waals surface area contributed by atoms with E-state index < -0.39 is 0 Å². The van der Waals surface area contributed by atoms with Gasteiger partial charge >= 0.3 is 0 Å². The van der Waals surface area contributed by atoms with Crippen LogP contribution in [-0.4, -0.2) is 6.54 Å². The third kappa shape index (κ3) is 3.33. The fourth-order valence-electron chi connectivity index (χ4n) is 2.70. The SMILES string of the molecule is CCCC1(CNC(C)c2cc(F)c(C)cc2F)CC1. The van der Waals surface area contributed by atoms with Crippen molar-refractivity contribution < 1.29 is 8.78 Å². The Morgan fingerprint density at radius 1 is 1.26 bits per heavy atom. The third-order valence-corrected chi connectivity index (χ3v) is 4.27. The molecule has 19 heavy (non-hydrogen) atoms. The molecule has 1 aromatic rings. The van der Waals surface area contributed by atoms with Gasteiger partial charge in [0.2, 0.25) is 0 Å². The normalized spacial score (nSPS) is 18.4. The molecule has 0 spiro atoms. The van der Waals surface area contributed by atoms with Crippen molar-refractivity contribution in [1.82, 2.24) is 5.32 Å². The maximum Gasteiger partial charge on any atom is 0.128 e. The van der Waals surface area contributed by atoms with E-state index in [-0.39, 0.29) is 17.7 Å². The van der Waals surface area contributed by atoms with Gasteiger partial charge in [0, 0.05) is 18.2 Å². The van der Waals surface area contributed by atoms with E-state index in [1.54, 1.807) is 6.92 Å². The van der Waals surface area contributed by atoms with Crippen LogP contribution in [0.4, 0.5) is 8.78 Å². The van der Waals surface area contributed by atoms with Gasteiger partial charge in [-0.05, 0) is 56.2 Å². The summed E-state index contributed by atoms with van der Waals surface area (Å²) in [5, 5.41) is 3.37. The highest BCUT2D eigenvalue weighted by Crippen LogP contribution is 2.49. The minimum absolute atomic E-state index is 0.149. The zero-order chi connectivity index (χ0) is 14.0. The molecule has 106 valence electrons. The van der Waals surface area contributed by atoms with Crippen molar-refractivity contribution in [1.29, 1.82) is 0 Å². The molecule has 2 rings (SSSR count). The van der Waals surface area contributed by atoms with Gasteiger partial charge in [0.05, 0.1) is 0 Å². The van der Waals surface area contributed by atoms with E-state index in [2.05, 4.69) is 12.2 Å². The molecule has 0 saturated heterocycles. The van der Waals surface area contributed by atoms with E-state index in [0.717, 1.165) is 6.54 Å². The molecular formula is C16H23F2N. The summed E-state index contributed by atoms with van der Waals surface area (Å²) in [6.07, 6.45) is 4.91. The lowest BCUT2D eigenvalue weighted by molar-refractivity contribution is 0.392. The zero-order valence-electron chi connectivity index (χ0n) is 12.0. The smallest absolute Gasteiger partial charge is 0.128 e. The summed E-state index contributed by atoms with van der Waals surface area (Å²) in [7, 11) is 0. The fraction of sp³-hybridized carbons (Fsp3) is 0.625. The maximum absolute atomic E-state index is 13.9. The standard InChI is InChI=1S/C16H23F2N/c1-4-5-16(6-7-16)10-19-12(3)13-9-14(17)11(2)8-15(13)18/h8-9,12,19H,4-7,10H2,1-3H3. The van der Waals surface area contributed by atoms with Crippen LogP contribution in [0.2, 0.25) is 0 Å². The molecule has 1 aromatic carbocycles. The molecule has 1 nitrogen and oxygen atoms in total. The van der Waals surface area contributed by atoms with Gasteiger partial charge in [-0.15, -0.1) is 0 Å². The Labute approximate surface area is 114 Å². The van der Waals surface area contributed by atoms with Gasteiger partial charge in [-0.1, -0.05) is 13.3 Å². The Kier molecular flexibility index (Phi) is 4.24. The zero-order valence-corrected chi connectivity index (χ0v) is 12.0. The number of benzene rings is 1. The molecule has 1 aliphatic carbocycles. The fourth-order valence-corrected chi connectivity index (χ4v) is 2.70. The van der Waals surface area contributed by atoms with Crippen LogP contribution in [-0.2, 0) is 0 Å². The summed E-state index contributed by atoms with van der Waals surface area (Å²) >= 11 is 0. The van der Waals surface area contributed by atoms with Gasteiger partial charge in [0.15, 0.2) is 0 Å². The van der Waals surface area contributed by atoms with Gasteiger partial charge < -0.3 is 5.32 Å². The predicted octanol–water partition coefficient (Wildman–Crippen LogP) is 4.50. The molecule has 0 aliphatic heterocycles. The first-order valence-electron chi connectivity index (χ1n) is 7.16. The van der Waals surface area contributed by atoms with Crippen molar-refractivity contribution in [2.75, 3.05) is 6.54 Å². The molecule has 1 unspecified atom stereocenters. The number of halogens is 2. The molecule has 0 aromatic heterocycles. The van der Waals surface area contributed by atoms with Crippen LogP contribution >= 0.6 is 0 Å². The first-order chi connectivity index (χ1) is 8.97. The summed E-state index contributed by atoms with van der Waals surface area (Å²) < 4.78 is 27.4. The van der Waals surface area contributed by atoms with E-state index in [1.165, 1.54) is 37.8 Å². The van der Waals surface area contributed by atoms with E-state index in [4.69, 9.17) is 0 Å². The summed E-state index contributed by atoms with van der Waals surface area (Å²) in [6, 6.07) is 2.45. The molecule has 1 saturated carbocycles. The first kappa shape index (κ1) is 14.4.